The third kappa shape index (κ3) is 32.7. The first-order chi connectivity index (χ1) is 65.3. The van der Waals surface area contributed by atoms with Gasteiger partial charge in [0.15, 0.2) is 24.9 Å². The number of halogens is 4. The van der Waals surface area contributed by atoms with E-state index in [1.165, 1.54) is 52.5 Å². The molecule has 4 saturated heterocycles. The van der Waals surface area contributed by atoms with E-state index in [1.54, 1.807) is 83.1 Å². The van der Waals surface area contributed by atoms with Crippen molar-refractivity contribution < 1.29 is 114 Å². The molecule has 12 rings (SSSR count). The minimum absolute atomic E-state index is 0.0989. The smallest absolute Gasteiger partial charge is 0.330 e. The van der Waals surface area contributed by atoms with E-state index in [2.05, 4.69) is 40.3 Å². The highest BCUT2D eigenvalue weighted by molar-refractivity contribution is 8.57. The van der Waals surface area contributed by atoms with Crippen molar-refractivity contribution in [3.63, 3.8) is 0 Å². The average Bonchev–Trinajstić information content (AvgIpc) is 1.63. The largest absolute Gasteiger partial charge is 0.462 e. The van der Waals surface area contributed by atoms with Gasteiger partial charge in [-0.1, -0.05) is 96.9 Å². The number of hydrogen-bond donors (Lipinski definition) is 12. The molecular formula is C84H132Cl4N12O32P4S4. The second-order valence-electron chi connectivity index (χ2n) is 37.1. The van der Waals surface area contributed by atoms with Gasteiger partial charge in [-0.3, -0.25) is 94.8 Å². The van der Waals surface area contributed by atoms with Crippen molar-refractivity contribution in [2.75, 3.05) is 26.4 Å². The Bertz CT molecular complexity index is 4890. The molecule has 8 heterocycles. The van der Waals surface area contributed by atoms with Gasteiger partial charge in [0, 0.05) is 70.1 Å². The van der Waals surface area contributed by atoms with Gasteiger partial charge in [0.05, 0.1) is 50.8 Å². The van der Waals surface area contributed by atoms with Gasteiger partial charge in [-0.25, -0.2) is 39.5 Å². The summed E-state index contributed by atoms with van der Waals surface area (Å²) >= 11 is 30.8. The molecule has 0 spiro atoms. The maximum absolute atomic E-state index is 13.8. The number of aromatic amines is 4. The van der Waals surface area contributed by atoms with Gasteiger partial charge in [-0.15, -0.1) is 46.4 Å². The van der Waals surface area contributed by atoms with Crippen LogP contribution in [0.1, 0.15) is 238 Å². The maximum atomic E-state index is 13.8. The summed E-state index contributed by atoms with van der Waals surface area (Å²) in [6.45, 7) is 10.2. The van der Waals surface area contributed by atoms with Crippen LogP contribution in [0, 0.1) is 0 Å². The zero-order valence-corrected chi connectivity index (χ0v) is 90.4. The monoisotopic (exact) mass is 2210 g/mol. The molecule has 0 aromatic carbocycles. The van der Waals surface area contributed by atoms with Gasteiger partial charge in [-0.2, -0.15) is 0 Å². The third-order valence-corrected chi connectivity index (χ3v) is 43.5. The standard InChI is InChI=1S/4C21H33ClN3O8PS/c4*1-12(2)32-18(28)13(3)24-34(30,35-14-7-5-6-8-14)31-11-15-17(27)21(4,22)19(33-15)25-10-9-16(26)23-20(25)29/h4*9-10,12-15,17,19,27H,5-8,11H2,1-4H3,(H,24,30)(H,23,26,29)/t13-,15+,17+,19+,21+,34?;13-,15-,17-,19-,21-,34?;13-,15-,17-,19-,21-,34+;13-,15-,17-,19-,21-,34-/m0111/s1. The summed E-state index contributed by atoms with van der Waals surface area (Å²) in [5.74, 6) is -2.23. The molecule has 2 unspecified atom stereocenters. The Kier molecular flexibility index (Phi) is 43.8. The van der Waals surface area contributed by atoms with E-state index in [9.17, 15) is 96.2 Å². The van der Waals surface area contributed by atoms with Crippen LogP contribution in [0.25, 0.3) is 0 Å². The van der Waals surface area contributed by atoms with E-state index in [1.807, 2.05) is 0 Å². The van der Waals surface area contributed by atoms with Crippen LogP contribution in [0.5, 0.6) is 0 Å². The number of aromatic nitrogens is 8. The zero-order valence-electron chi connectivity index (χ0n) is 80.6. The fraction of sp³-hybridized carbons (Fsp3) is 0.762. The Morgan fingerprint density at radius 2 is 0.514 bits per heavy atom. The first-order valence-electron chi connectivity index (χ1n) is 46.3. The van der Waals surface area contributed by atoms with Crippen molar-refractivity contribution in [2.24, 2.45) is 0 Å². The van der Waals surface area contributed by atoms with Crippen molar-refractivity contribution in [2.45, 2.75) is 376 Å². The lowest BCUT2D eigenvalue weighted by molar-refractivity contribution is -0.149. The maximum Gasteiger partial charge on any atom is 0.330 e. The Morgan fingerprint density at radius 1 is 0.350 bits per heavy atom. The van der Waals surface area contributed by atoms with Crippen molar-refractivity contribution in [3.05, 3.63) is 132 Å². The van der Waals surface area contributed by atoms with Gasteiger partial charge >= 0.3 is 73.5 Å². The molecule has 12 N–H and O–H groups in total. The molecule has 4 aromatic rings. The minimum Gasteiger partial charge on any atom is -0.462 e. The summed E-state index contributed by atoms with van der Waals surface area (Å²) in [7, 11) is 0. The topological polar surface area (TPSA) is 596 Å². The molecule has 56 heteroatoms. The number of carbonyl (C=O) groups is 4. The van der Waals surface area contributed by atoms with Crippen molar-refractivity contribution in [1.82, 2.24) is 58.6 Å². The van der Waals surface area contributed by atoms with Crippen LogP contribution in [0.4, 0.5) is 0 Å². The molecule has 4 aromatic heterocycles. The summed E-state index contributed by atoms with van der Waals surface area (Å²) < 4.78 is 127. The average molecular weight is 2220 g/mol. The van der Waals surface area contributed by atoms with E-state index in [-0.39, 0.29) is 71.8 Å². The van der Waals surface area contributed by atoms with Crippen LogP contribution in [0.2, 0.25) is 0 Å². The SMILES string of the molecule is CC(C)OC(=O)[C@@H](C)NP(=O)(OC[C@H]1O[C@@H](n2ccc(=O)[nH]c2=O)[C@](C)(Cl)[C@@H]1O)SC1CCCC1.CC(C)OC(=O)[C@@H](C)N[P@@](=O)(OC[C@H]1O[C@@H](n2ccc(=O)[nH]c2=O)[C@](C)(Cl)[C@@H]1O)SC1CCCC1.CC(C)OC(=O)[C@@H](C)N[P@](=O)(OC[C@H]1O[C@@H](n2ccc(=O)[nH]c2=O)[C@](C)(Cl)[C@@H]1O)SC1CCCC1.CC(C)OC(=O)[C@H](C)NP(=O)(OC[C@H]1O[C@@H](n2ccc(=O)[nH]c2=O)[C@](C)(Cl)[C@@H]1O)SC1CCCC1. The van der Waals surface area contributed by atoms with Gasteiger partial charge < -0.3 is 76.4 Å². The number of aliphatic hydroxyl groups is 4. The van der Waals surface area contributed by atoms with E-state index in [0.29, 0.717) is 0 Å². The number of nitrogens with zero attached hydrogens (tertiary/aromatic N) is 4. The Hall–Kier alpha value is -4.56. The lowest BCUT2D eigenvalue weighted by Crippen LogP contribution is -2.43. The second-order valence-corrected chi connectivity index (χ2v) is 58.2. The predicted octanol–water partition coefficient (Wildman–Crippen LogP) is 10.1. The summed E-state index contributed by atoms with van der Waals surface area (Å²) in [6.07, 6.45) is 5.05. The molecule has 44 nitrogen and oxygen atoms in total. The highest BCUT2D eigenvalue weighted by atomic mass is 35.5. The molecule has 24 atom stereocenters. The first kappa shape index (κ1) is 119. The summed E-state index contributed by atoms with van der Waals surface area (Å²) in [4.78, 5) is 147. The summed E-state index contributed by atoms with van der Waals surface area (Å²) in [5, 5.41) is 54.9. The molecule has 0 amide bonds. The number of H-pyrrole nitrogens is 4. The Morgan fingerprint density at radius 3 is 0.664 bits per heavy atom. The van der Waals surface area contributed by atoms with Gasteiger partial charge in [0.2, 0.25) is 0 Å². The van der Waals surface area contributed by atoms with E-state index in [4.69, 9.17) is 102 Å². The second kappa shape index (κ2) is 51.6. The Balaban J connectivity index is 0.000000209. The molecule has 140 heavy (non-hydrogen) atoms. The van der Waals surface area contributed by atoms with E-state index >= 15 is 0 Å². The van der Waals surface area contributed by atoms with Crippen molar-refractivity contribution in [3.8, 4) is 0 Å². The number of rotatable bonds is 40. The molecular weight excluding hydrogens is 2080 g/mol. The number of ether oxygens (including phenoxy) is 8. The third-order valence-electron chi connectivity index (χ3n) is 23.5. The number of nitrogens with one attached hydrogen (secondary N) is 8. The van der Waals surface area contributed by atoms with Crippen LogP contribution in [-0.2, 0) is 93.4 Å². The fourth-order valence-corrected chi connectivity index (χ4v) is 36.9. The summed E-state index contributed by atoms with van der Waals surface area (Å²) in [5.41, 5.74) is -5.31. The highest BCUT2D eigenvalue weighted by Gasteiger charge is 2.59. The number of alkyl halides is 4. The molecule has 792 valence electrons. The van der Waals surface area contributed by atoms with Crippen molar-refractivity contribution >= 4 is 143 Å². The lowest BCUT2D eigenvalue weighted by atomic mass is 10.0. The molecule has 8 fully saturated rings. The molecule has 4 saturated carbocycles. The van der Waals surface area contributed by atoms with Gasteiger partial charge in [0.25, 0.3) is 22.2 Å². The van der Waals surface area contributed by atoms with Crippen molar-refractivity contribution in [1.29, 1.82) is 0 Å². The normalized spacial score (nSPS) is 29.9. The van der Waals surface area contributed by atoms with Crippen LogP contribution < -0.4 is 65.3 Å². The number of carbonyl (C=O) groups excluding carboxylic acids is 4. The minimum atomic E-state index is -3.63. The predicted molar refractivity (Wildman–Crippen MR) is 531 cm³/mol. The van der Waals surface area contributed by atoms with Crippen LogP contribution >= 0.6 is 119 Å². The Labute approximate surface area is 844 Å². The van der Waals surface area contributed by atoms with Gasteiger partial charge in [-0.05, 0) is 162 Å². The molecule has 0 radical (unpaired) electrons. The van der Waals surface area contributed by atoms with E-state index in [0.717, 1.165) is 191 Å². The molecule has 0 bridgehead atoms. The number of aliphatic hydroxyl groups excluding tert-OH is 4. The first-order valence-corrected chi connectivity index (χ1v) is 60.2. The van der Waals surface area contributed by atoms with Crippen LogP contribution in [0.15, 0.2) is 87.4 Å². The molecule has 4 aliphatic heterocycles. The molecule has 4 aliphatic carbocycles. The zero-order chi connectivity index (χ0) is 104. The van der Waals surface area contributed by atoms with E-state index < -0.39 is 213 Å². The van der Waals surface area contributed by atoms with Crippen LogP contribution in [-0.4, -0.2) is 247 Å². The molecule has 8 aliphatic rings. The lowest BCUT2D eigenvalue weighted by Gasteiger charge is -2.27. The highest BCUT2D eigenvalue weighted by Crippen LogP contribution is 2.65. The number of esters is 4. The number of hydrogen-bond acceptors (Lipinski definition) is 36. The fourth-order valence-electron chi connectivity index (χ4n) is 16.2. The quantitative estimate of drug-likeness (QED) is 0.00852. The summed E-state index contributed by atoms with van der Waals surface area (Å²) in [6, 6.07) is 0.998. The van der Waals surface area contributed by atoms with Gasteiger partial charge in [0.1, 0.15) is 92.5 Å². The van der Waals surface area contributed by atoms with Crippen LogP contribution in [0.3, 0.4) is 0 Å².